The molecule has 3 heterocycles. The van der Waals surface area contributed by atoms with Crippen LogP contribution >= 0.6 is 0 Å². The number of hydrogen-bond acceptors (Lipinski definition) is 3. The first kappa shape index (κ1) is 15.6. The van der Waals surface area contributed by atoms with Gasteiger partial charge < -0.3 is 9.88 Å². The maximum Gasteiger partial charge on any atom is 0.343 e. The molecule has 1 aliphatic rings. The number of carbonyl (C=O) groups excluding carboxylic acids is 1. The topological polar surface area (TPSA) is 84.7 Å². The van der Waals surface area contributed by atoms with Crippen LogP contribution in [0.3, 0.4) is 0 Å². The number of H-pyrrole nitrogens is 1. The first-order valence-corrected chi connectivity index (χ1v) is 8.23. The zero-order valence-corrected chi connectivity index (χ0v) is 13.8. The Bertz CT molecular complexity index is 1020. The van der Waals surface area contributed by atoms with Crippen molar-refractivity contribution in [1.29, 1.82) is 0 Å². The van der Waals surface area contributed by atoms with Crippen molar-refractivity contribution in [3.63, 3.8) is 0 Å². The summed E-state index contributed by atoms with van der Waals surface area (Å²) in [6.45, 7) is 0.524. The lowest BCUT2D eigenvalue weighted by Crippen LogP contribution is -2.36. The van der Waals surface area contributed by atoms with Crippen LogP contribution in [-0.2, 0) is 20.0 Å². The van der Waals surface area contributed by atoms with E-state index in [0.29, 0.717) is 36.9 Å². The summed E-state index contributed by atoms with van der Waals surface area (Å²) >= 11 is 0. The number of aryl methyl sites for hydroxylation is 2. The van der Waals surface area contributed by atoms with Crippen LogP contribution in [0.2, 0.25) is 0 Å². The summed E-state index contributed by atoms with van der Waals surface area (Å²) in [5.74, 6) is 0.202. The Morgan fingerprint density at radius 1 is 1.36 bits per heavy atom. The number of amides is 1. The van der Waals surface area contributed by atoms with Gasteiger partial charge in [-0.15, -0.1) is 0 Å². The zero-order chi connectivity index (χ0) is 17.6. The molecule has 2 N–H and O–H groups in total. The second-order valence-corrected chi connectivity index (χ2v) is 6.39. The number of fused-ring (bicyclic) bond motifs is 2. The highest BCUT2D eigenvalue weighted by atomic mass is 19.1. The van der Waals surface area contributed by atoms with Crippen LogP contribution in [0.5, 0.6) is 0 Å². The van der Waals surface area contributed by atoms with Gasteiger partial charge in [0.1, 0.15) is 17.3 Å². The number of aromatic amines is 1. The molecule has 8 heteroatoms. The van der Waals surface area contributed by atoms with Gasteiger partial charge in [-0.1, -0.05) is 0 Å². The molecule has 1 amide bonds. The van der Waals surface area contributed by atoms with Gasteiger partial charge in [0.05, 0.1) is 0 Å². The van der Waals surface area contributed by atoms with E-state index in [9.17, 15) is 14.0 Å². The predicted molar refractivity (Wildman–Crippen MR) is 89.9 cm³/mol. The van der Waals surface area contributed by atoms with E-state index < -0.39 is 0 Å². The number of benzene rings is 1. The molecule has 2 aromatic heterocycles. The van der Waals surface area contributed by atoms with E-state index in [1.165, 1.54) is 12.1 Å². The van der Waals surface area contributed by atoms with Gasteiger partial charge >= 0.3 is 5.69 Å². The summed E-state index contributed by atoms with van der Waals surface area (Å²) in [4.78, 5) is 24.3. The highest BCUT2D eigenvalue weighted by Gasteiger charge is 2.22. The van der Waals surface area contributed by atoms with Gasteiger partial charge in [-0.05, 0) is 37.1 Å². The molecule has 1 unspecified atom stereocenters. The van der Waals surface area contributed by atoms with Crippen molar-refractivity contribution < 1.29 is 9.18 Å². The molecular formula is C17H18FN5O2. The van der Waals surface area contributed by atoms with Gasteiger partial charge in [0.15, 0.2) is 0 Å². The molecule has 25 heavy (non-hydrogen) atoms. The molecule has 0 fully saturated rings. The van der Waals surface area contributed by atoms with Gasteiger partial charge in [0.2, 0.25) is 0 Å². The normalized spacial score (nSPS) is 17.3. The third kappa shape index (κ3) is 2.73. The van der Waals surface area contributed by atoms with Crippen LogP contribution < -0.4 is 11.0 Å². The highest BCUT2D eigenvalue weighted by Crippen LogP contribution is 2.20. The second-order valence-electron chi connectivity index (χ2n) is 6.39. The average Bonchev–Trinajstić information content (AvgIpc) is 3.02. The third-order valence-corrected chi connectivity index (χ3v) is 4.83. The fourth-order valence-electron chi connectivity index (χ4n) is 3.45. The van der Waals surface area contributed by atoms with Crippen LogP contribution in [0.1, 0.15) is 29.2 Å². The average molecular weight is 343 g/mol. The van der Waals surface area contributed by atoms with E-state index in [-0.39, 0.29) is 23.5 Å². The summed E-state index contributed by atoms with van der Waals surface area (Å²) in [5.41, 5.74) is 1.08. The van der Waals surface area contributed by atoms with E-state index in [0.717, 1.165) is 11.3 Å². The summed E-state index contributed by atoms with van der Waals surface area (Å²) < 4.78 is 16.8. The smallest absolute Gasteiger partial charge is 0.343 e. The minimum Gasteiger partial charge on any atom is -0.348 e. The van der Waals surface area contributed by atoms with Gasteiger partial charge in [0.25, 0.3) is 5.91 Å². The lowest BCUT2D eigenvalue weighted by molar-refractivity contribution is 0.0925. The van der Waals surface area contributed by atoms with Gasteiger partial charge in [-0.2, -0.15) is 5.10 Å². The second kappa shape index (κ2) is 5.87. The molecule has 0 saturated heterocycles. The molecule has 0 saturated carbocycles. The molecular weight excluding hydrogens is 325 g/mol. The van der Waals surface area contributed by atoms with E-state index in [4.69, 9.17) is 0 Å². The van der Waals surface area contributed by atoms with Crippen molar-refractivity contribution in [3.8, 4) is 0 Å². The van der Waals surface area contributed by atoms with Crippen LogP contribution in [-0.4, -0.2) is 31.3 Å². The number of aromatic nitrogens is 4. The summed E-state index contributed by atoms with van der Waals surface area (Å²) in [5, 5.41) is 10.2. The van der Waals surface area contributed by atoms with Crippen molar-refractivity contribution in [2.75, 3.05) is 0 Å². The number of hydrogen-bond donors (Lipinski definition) is 2. The summed E-state index contributed by atoms with van der Waals surface area (Å²) in [6, 6.07) is 6.12. The minimum absolute atomic E-state index is 0.0386. The standard InChI is InChI=1S/C17H18FN5O2/c1-22-13-4-2-11(18)8-10(13)9-14(22)16(24)19-12-3-5-15-20-21-17(25)23(15)7-6-12/h2,4,8-9,12H,3,5-7H2,1H3,(H,19,24)(H,21,25). The lowest BCUT2D eigenvalue weighted by atomic mass is 10.1. The Kier molecular flexibility index (Phi) is 3.67. The number of nitrogens with one attached hydrogen (secondary N) is 2. The zero-order valence-electron chi connectivity index (χ0n) is 13.8. The molecule has 1 atom stereocenters. The molecule has 0 radical (unpaired) electrons. The monoisotopic (exact) mass is 343 g/mol. The van der Waals surface area contributed by atoms with Gasteiger partial charge in [0, 0.05) is 37.0 Å². The first-order chi connectivity index (χ1) is 12.0. The number of nitrogens with zero attached hydrogens (tertiary/aromatic N) is 3. The first-order valence-electron chi connectivity index (χ1n) is 8.23. The maximum atomic E-state index is 13.4. The van der Waals surface area contributed by atoms with Crippen LogP contribution in [0, 0.1) is 5.82 Å². The van der Waals surface area contributed by atoms with Crippen LogP contribution in [0.25, 0.3) is 10.9 Å². The van der Waals surface area contributed by atoms with Crippen molar-refractivity contribution in [1.82, 2.24) is 24.6 Å². The fraction of sp³-hybridized carbons (Fsp3) is 0.353. The third-order valence-electron chi connectivity index (χ3n) is 4.83. The van der Waals surface area contributed by atoms with Crippen LogP contribution in [0.4, 0.5) is 4.39 Å². The molecule has 1 aromatic carbocycles. The Labute approximate surface area is 142 Å². The molecule has 0 aliphatic carbocycles. The molecule has 130 valence electrons. The Balaban J connectivity index is 1.53. The lowest BCUT2D eigenvalue weighted by Gasteiger charge is -2.16. The van der Waals surface area contributed by atoms with Gasteiger partial charge in [-0.3, -0.25) is 9.36 Å². The van der Waals surface area contributed by atoms with Crippen molar-refractivity contribution >= 4 is 16.8 Å². The quantitative estimate of drug-likeness (QED) is 0.736. The molecule has 3 aromatic rings. The van der Waals surface area contributed by atoms with E-state index in [1.54, 1.807) is 28.3 Å². The number of halogens is 1. The molecule has 0 bridgehead atoms. The number of rotatable bonds is 2. The van der Waals surface area contributed by atoms with Crippen molar-refractivity contribution in [2.24, 2.45) is 7.05 Å². The largest absolute Gasteiger partial charge is 0.348 e. The Morgan fingerprint density at radius 2 is 2.20 bits per heavy atom. The Morgan fingerprint density at radius 3 is 3.04 bits per heavy atom. The summed E-state index contributed by atoms with van der Waals surface area (Å²) in [6.07, 6.45) is 2.01. The number of carbonyl (C=O) groups is 1. The van der Waals surface area contributed by atoms with Gasteiger partial charge in [-0.25, -0.2) is 14.3 Å². The highest BCUT2D eigenvalue weighted by molar-refractivity contribution is 5.98. The SMILES string of the molecule is Cn1c(C(=O)NC2CCc3n[nH]c(=O)n3CC2)cc2cc(F)ccc21. The van der Waals surface area contributed by atoms with E-state index in [1.807, 2.05) is 0 Å². The molecule has 1 aliphatic heterocycles. The summed E-state index contributed by atoms with van der Waals surface area (Å²) in [7, 11) is 1.79. The predicted octanol–water partition coefficient (Wildman–Crippen LogP) is 1.34. The molecule has 4 rings (SSSR count). The van der Waals surface area contributed by atoms with Crippen molar-refractivity contribution in [3.05, 3.63) is 52.1 Å². The van der Waals surface area contributed by atoms with E-state index in [2.05, 4.69) is 15.5 Å². The maximum absolute atomic E-state index is 13.4. The van der Waals surface area contributed by atoms with Crippen molar-refractivity contribution in [2.45, 2.75) is 31.8 Å². The Hall–Kier alpha value is -2.90. The fourth-order valence-corrected chi connectivity index (χ4v) is 3.45. The molecule has 7 nitrogen and oxygen atoms in total. The van der Waals surface area contributed by atoms with Crippen LogP contribution in [0.15, 0.2) is 29.1 Å². The molecule has 0 spiro atoms. The minimum atomic E-state index is -0.325. The van der Waals surface area contributed by atoms with E-state index >= 15 is 0 Å².